The Balaban J connectivity index is 0.000000326. The number of alkyl halides is 3. The highest BCUT2D eigenvalue weighted by Crippen LogP contribution is 2.32. The molecule has 0 atom stereocenters. The van der Waals surface area contributed by atoms with Crippen molar-refractivity contribution in [2.45, 2.75) is 39.1 Å². The number of nitrogens with zero attached hydrogens (tertiary/aromatic N) is 2. The third-order valence-electron chi connectivity index (χ3n) is 3.65. The molecule has 162 valence electrons. The molecule has 0 aromatic carbocycles. The van der Waals surface area contributed by atoms with Gasteiger partial charge in [-0.1, -0.05) is 13.8 Å². The number of aryl methyl sites for hydroxylation is 3. The fraction of sp³-hybridized carbons (Fsp3) is 0.444. The predicted molar refractivity (Wildman–Crippen MR) is 101 cm³/mol. The van der Waals surface area contributed by atoms with Crippen LogP contribution in [0.5, 0.6) is 17.2 Å². The number of hydrogen-bond donors (Lipinski definition) is 0. The van der Waals surface area contributed by atoms with Crippen LogP contribution in [0.2, 0.25) is 0 Å². The quantitative estimate of drug-likeness (QED) is 0.502. The van der Waals surface area contributed by atoms with Crippen molar-refractivity contribution in [2.24, 2.45) is 0 Å². The Bertz CT molecular complexity index is 918. The Morgan fingerprint density at radius 2 is 1.38 bits per heavy atom. The van der Waals surface area contributed by atoms with E-state index in [4.69, 9.17) is 4.74 Å². The van der Waals surface area contributed by atoms with Gasteiger partial charge in [-0.05, 0) is 31.4 Å². The van der Waals surface area contributed by atoms with Gasteiger partial charge in [0.15, 0.2) is 11.5 Å². The van der Waals surface area contributed by atoms with Gasteiger partial charge in [-0.2, -0.15) is 21.6 Å². The normalized spacial score (nSPS) is 11.3. The van der Waals surface area contributed by atoms with Crippen LogP contribution in [0.4, 0.5) is 13.2 Å². The van der Waals surface area contributed by atoms with Gasteiger partial charge in [-0.3, -0.25) is 9.97 Å². The molecule has 0 N–H and O–H groups in total. The third-order valence-corrected chi connectivity index (χ3v) is 4.62. The van der Waals surface area contributed by atoms with Crippen LogP contribution in [-0.4, -0.2) is 38.1 Å². The first kappa shape index (κ1) is 24.5. The average molecular weight is 436 g/mol. The maximum absolute atomic E-state index is 12.2. The van der Waals surface area contributed by atoms with Gasteiger partial charge in [-0.25, -0.2) is 0 Å². The Morgan fingerprint density at radius 1 is 0.897 bits per heavy atom. The van der Waals surface area contributed by atoms with Crippen LogP contribution in [0.3, 0.4) is 0 Å². The topological polar surface area (TPSA) is 87.6 Å². The zero-order chi connectivity index (χ0) is 22.2. The SMILES string of the molecule is CCc1cc(C)c(OC)cn1.CCc1cc(OS(=O)(=O)C(F)(F)F)c(OC)cn1. The first-order valence-corrected chi connectivity index (χ1v) is 9.93. The summed E-state index contributed by atoms with van der Waals surface area (Å²) in [5.74, 6) is 0.129. The molecule has 0 aliphatic heterocycles. The predicted octanol–water partition coefficient (Wildman–Crippen LogP) is 3.84. The Hall–Kier alpha value is -2.56. The van der Waals surface area contributed by atoms with Crippen LogP contribution in [0.25, 0.3) is 0 Å². The Kier molecular flexibility index (Phi) is 8.68. The largest absolute Gasteiger partial charge is 0.534 e. The Labute approximate surface area is 168 Å². The zero-order valence-corrected chi connectivity index (χ0v) is 17.5. The van der Waals surface area contributed by atoms with Crippen molar-refractivity contribution in [3.05, 3.63) is 41.5 Å². The van der Waals surface area contributed by atoms with Gasteiger partial charge < -0.3 is 13.7 Å². The lowest BCUT2D eigenvalue weighted by Gasteiger charge is -2.12. The second kappa shape index (κ2) is 10.3. The van der Waals surface area contributed by atoms with Crippen molar-refractivity contribution in [3.63, 3.8) is 0 Å². The molecule has 0 saturated carbocycles. The first-order valence-electron chi connectivity index (χ1n) is 8.52. The minimum atomic E-state index is -5.72. The van der Waals surface area contributed by atoms with E-state index in [1.165, 1.54) is 0 Å². The lowest BCUT2D eigenvalue weighted by atomic mass is 10.2. The zero-order valence-electron chi connectivity index (χ0n) is 16.7. The lowest BCUT2D eigenvalue weighted by molar-refractivity contribution is -0.0500. The second-order valence-electron chi connectivity index (χ2n) is 5.66. The number of aromatic nitrogens is 2. The summed E-state index contributed by atoms with van der Waals surface area (Å²) in [4.78, 5) is 8.04. The van der Waals surface area contributed by atoms with Crippen LogP contribution in [-0.2, 0) is 23.0 Å². The standard InChI is InChI=1S/C9H10F3NO4S.C9H13NO/c1-3-6-4-7(8(16-2)5-13-6)17-18(14,15)9(10,11)12;1-4-8-5-7(2)9(11-3)6-10-8/h4-5H,3H2,1-2H3;5-6H,4H2,1-3H3. The Morgan fingerprint density at radius 3 is 1.79 bits per heavy atom. The van der Waals surface area contributed by atoms with Crippen molar-refractivity contribution >= 4 is 10.1 Å². The van der Waals surface area contributed by atoms with Crippen LogP contribution in [0.15, 0.2) is 24.5 Å². The summed E-state index contributed by atoms with van der Waals surface area (Å²) in [6.45, 7) is 5.82. The second-order valence-corrected chi connectivity index (χ2v) is 7.20. The highest BCUT2D eigenvalue weighted by Gasteiger charge is 2.49. The molecule has 7 nitrogen and oxygen atoms in total. The van der Waals surface area contributed by atoms with E-state index in [9.17, 15) is 21.6 Å². The van der Waals surface area contributed by atoms with E-state index < -0.39 is 21.4 Å². The number of halogens is 3. The van der Waals surface area contributed by atoms with Gasteiger partial charge in [0.05, 0.1) is 26.6 Å². The van der Waals surface area contributed by atoms with Crippen molar-refractivity contribution < 1.29 is 35.2 Å². The van der Waals surface area contributed by atoms with Crippen molar-refractivity contribution in [3.8, 4) is 17.2 Å². The summed E-state index contributed by atoms with van der Waals surface area (Å²) in [6.07, 6.45) is 4.26. The number of rotatable bonds is 6. The van der Waals surface area contributed by atoms with E-state index in [1.54, 1.807) is 20.2 Å². The number of ether oxygens (including phenoxy) is 2. The molecule has 0 aliphatic carbocycles. The summed E-state index contributed by atoms with van der Waals surface area (Å²) >= 11 is 0. The lowest BCUT2D eigenvalue weighted by Crippen LogP contribution is -2.28. The molecule has 11 heteroatoms. The highest BCUT2D eigenvalue weighted by atomic mass is 32.2. The molecule has 0 saturated heterocycles. The van der Waals surface area contributed by atoms with Crippen molar-refractivity contribution in [1.82, 2.24) is 9.97 Å². The third kappa shape index (κ3) is 6.77. The maximum Gasteiger partial charge on any atom is 0.534 e. The van der Waals surface area contributed by atoms with Crippen LogP contribution in [0, 0.1) is 6.92 Å². The monoisotopic (exact) mass is 436 g/mol. The summed E-state index contributed by atoms with van der Waals surface area (Å²) in [5, 5.41) is 0. The maximum atomic E-state index is 12.2. The van der Waals surface area contributed by atoms with Crippen molar-refractivity contribution in [2.75, 3.05) is 14.2 Å². The van der Waals surface area contributed by atoms with E-state index in [2.05, 4.69) is 31.9 Å². The fourth-order valence-corrected chi connectivity index (χ4v) is 2.51. The molecular weight excluding hydrogens is 413 g/mol. The molecule has 0 amide bonds. The molecule has 0 aliphatic rings. The minimum Gasteiger partial charge on any atom is -0.495 e. The minimum absolute atomic E-state index is 0.194. The average Bonchev–Trinajstić information content (AvgIpc) is 2.67. The molecule has 0 fully saturated rings. The van der Waals surface area contributed by atoms with E-state index in [-0.39, 0.29) is 5.75 Å². The molecule has 0 unspecified atom stereocenters. The molecule has 2 aromatic rings. The molecule has 0 spiro atoms. The van der Waals surface area contributed by atoms with Crippen LogP contribution >= 0.6 is 0 Å². The molecule has 0 radical (unpaired) electrons. The number of hydrogen-bond acceptors (Lipinski definition) is 7. The van der Waals surface area contributed by atoms with Gasteiger partial charge in [0.1, 0.15) is 5.75 Å². The smallest absolute Gasteiger partial charge is 0.495 e. The highest BCUT2D eigenvalue weighted by molar-refractivity contribution is 7.88. The molecule has 2 heterocycles. The summed E-state index contributed by atoms with van der Waals surface area (Å²) < 4.78 is 72.0. The summed E-state index contributed by atoms with van der Waals surface area (Å²) in [5.41, 5.74) is -2.85. The van der Waals surface area contributed by atoms with Gasteiger partial charge in [0.25, 0.3) is 0 Å². The summed E-state index contributed by atoms with van der Waals surface area (Å²) in [6, 6.07) is 3.14. The van der Waals surface area contributed by atoms with Crippen molar-refractivity contribution in [1.29, 1.82) is 0 Å². The van der Waals surface area contributed by atoms with Gasteiger partial charge in [0.2, 0.25) is 0 Å². The molecule has 2 aromatic heterocycles. The van der Waals surface area contributed by atoms with Gasteiger partial charge in [-0.15, -0.1) is 0 Å². The van der Waals surface area contributed by atoms with Gasteiger partial charge >= 0.3 is 15.6 Å². The molecule has 0 bridgehead atoms. The van der Waals surface area contributed by atoms with Crippen LogP contribution in [0.1, 0.15) is 30.8 Å². The van der Waals surface area contributed by atoms with E-state index in [0.29, 0.717) is 12.1 Å². The fourth-order valence-electron chi connectivity index (χ4n) is 2.05. The molecule has 2 rings (SSSR count). The van der Waals surface area contributed by atoms with Gasteiger partial charge in [0, 0.05) is 17.5 Å². The number of methoxy groups -OCH3 is 2. The van der Waals surface area contributed by atoms with E-state index in [1.807, 2.05) is 6.92 Å². The van der Waals surface area contributed by atoms with E-state index in [0.717, 1.165) is 42.8 Å². The first-order chi connectivity index (χ1) is 13.5. The number of pyridine rings is 2. The molecular formula is C18H23F3N2O5S. The molecule has 29 heavy (non-hydrogen) atoms. The van der Waals surface area contributed by atoms with E-state index >= 15 is 0 Å². The summed E-state index contributed by atoms with van der Waals surface area (Å²) in [7, 11) is -2.89. The van der Waals surface area contributed by atoms with Crippen LogP contribution < -0.4 is 13.7 Å².